The SMILES string of the molecule is CCNN.CNNCc1ccc(C(=O)NC(C)C)cc1.O=C1c2ccccc2C(=O)c2ccccc21. The van der Waals surface area contributed by atoms with Crippen LogP contribution in [-0.4, -0.2) is 37.1 Å². The summed E-state index contributed by atoms with van der Waals surface area (Å²) in [6, 6.07) is 21.6. The highest BCUT2D eigenvalue weighted by atomic mass is 16.2. The summed E-state index contributed by atoms with van der Waals surface area (Å²) in [6.07, 6.45) is 0. The topological polar surface area (TPSA) is 125 Å². The van der Waals surface area contributed by atoms with Crippen LogP contribution >= 0.6 is 0 Å². The van der Waals surface area contributed by atoms with Crippen LogP contribution in [0.25, 0.3) is 0 Å². The molecule has 0 aromatic heterocycles. The number of hydrogen-bond donors (Lipinski definition) is 5. The standard InChI is InChI=1S/C14H8O2.C12H19N3O.C2H8N2/c15-13-9-5-1-2-6-10(9)14(16)12-8-4-3-7-11(12)13;1-9(2)15-12(16)11-6-4-10(5-7-11)8-14-13-3;1-2-4-3/h1-8H;4-7,9,13-14H,8H2,1-3H3,(H,15,16);4H,2-3H2,1H3. The van der Waals surface area contributed by atoms with Gasteiger partial charge < -0.3 is 5.32 Å². The number of hydrogen-bond acceptors (Lipinski definition) is 7. The molecule has 6 N–H and O–H groups in total. The molecule has 1 aliphatic rings. The average molecular weight is 490 g/mol. The molecular weight excluding hydrogens is 454 g/mol. The van der Waals surface area contributed by atoms with E-state index in [9.17, 15) is 14.4 Å². The van der Waals surface area contributed by atoms with Crippen molar-refractivity contribution in [3.63, 3.8) is 0 Å². The maximum absolute atomic E-state index is 12.1. The second-order valence-corrected chi connectivity index (χ2v) is 8.24. The number of carbonyl (C=O) groups excluding carboxylic acids is 3. The molecule has 0 fully saturated rings. The van der Waals surface area contributed by atoms with Gasteiger partial charge in [0.1, 0.15) is 0 Å². The molecule has 1 amide bonds. The van der Waals surface area contributed by atoms with Crippen LogP contribution in [0.3, 0.4) is 0 Å². The summed E-state index contributed by atoms with van der Waals surface area (Å²) >= 11 is 0. The first-order valence-corrected chi connectivity index (χ1v) is 11.8. The zero-order valence-electron chi connectivity index (χ0n) is 21.2. The summed E-state index contributed by atoms with van der Waals surface area (Å²) in [6.45, 7) is 7.43. The Labute approximate surface area is 212 Å². The molecule has 0 heterocycles. The quantitative estimate of drug-likeness (QED) is 0.208. The highest BCUT2D eigenvalue weighted by molar-refractivity contribution is 6.28. The molecule has 3 aromatic carbocycles. The van der Waals surface area contributed by atoms with Crippen molar-refractivity contribution in [3.8, 4) is 0 Å². The Bertz CT molecular complexity index is 1050. The molecule has 8 heteroatoms. The number of fused-ring (bicyclic) bond motifs is 2. The zero-order chi connectivity index (χ0) is 26.5. The van der Waals surface area contributed by atoms with Crippen molar-refractivity contribution in [1.29, 1.82) is 0 Å². The first-order chi connectivity index (χ1) is 17.3. The summed E-state index contributed by atoms with van der Waals surface area (Å²) in [5.74, 6) is 4.62. The Kier molecular flexibility index (Phi) is 11.6. The fourth-order valence-electron chi connectivity index (χ4n) is 3.36. The Morgan fingerprint density at radius 3 is 1.56 bits per heavy atom. The first kappa shape index (κ1) is 28.5. The molecule has 4 rings (SSSR count). The maximum atomic E-state index is 12.1. The van der Waals surface area contributed by atoms with E-state index in [4.69, 9.17) is 5.84 Å². The van der Waals surface area contributed by atoms with Gasteiger partial charge in [0.15, 0.2) is 11.6 Å². The van der Waals surface area contributed by atoms with E-state index < -0.39 is 0 Å². The van der Waals surface area contributed by atoms with Gasteiger partial charge in [-0.2, -0.15) is 0 Å². The van der Waals surface area contributed by atoms with Crippen molar-refractivity contribution >= 4 is 17.5 Å². The normalized spacial score (nSPS) is 11.4. The van der Waals surface area contributed by atoms with Gasteiger partial charge >= 0.3 is 0 Å². The number of hydrazine groups is 2. The van der Waals surface area contributed by atoms with Crippen LogP contribution in [0.15, 0.2) is 72.8 Å². The van der Waals surface area contributed by atoms with Crippen molar-refractivity contribution in [1.82, 2.24) is 21.6 Å². The third-order valence-electron chi connectivity index (χ3n) is 5.14. The van der Waals surface area contributed by atoms with E-state index in [0.717, 1.165) is 18.7 Å². The van der Waals surface area contributed by atoms with Gasteiger partial charge in [-0.1, -0.05) is 67.6 Å². The summed E-state index contributed by atoms with van der Waals surface area (Å²) in [5.41, 5.74) is 12.1. The molecule has 0 atom stereocenters. The van der Waals surface area contributed by atoms with Crippen LogP contribution in [0.1, 0.15) is 68.5 Å². The maximum Gasteiger partial charge on any atom is 0.251 e. The number of ketones is 2. The van der Waals surface area contributed by atoms with Gasteiger partial charge in [-0.25, -0.2) is 0 Å². The average Bonchev–Trinajstić information content (AvgIpc) is 2.91. The van der Waals surface area contributed by atoms with Gasteiger partial charge in [0, 0.05) is 46.9 Å². The van der Waals surface area contributed by atoms with E-state index in [2.05, 4.69) is 21.6 Å². The minimum Gasteiger partial charge on any atom is -0.350 e. The largest absolute Gasteiger partial charge is 0.350 e. The van der Waals surface area contributed by atoms with Gasteiger partial charge in [0.05, 0.1) is 0 Å². The lowest BCUT2D eigenvalue weighted by molar-refractivity contribution is 0.0942. The molecule has 0 bridgehead atoms. The molecule has 36 heavy (non-hydrogen) atoms. The number of nitrogens with two attached hydrogens (primary N) is 1. The van der Waals surface area contributed by atoms with Crippen LogP contribution in [0.2, 0.25) is 0 Å². The molecule has 8 nitrogen and oxygen atoms in total. The van der Waals surface area contributed by atoms with Gasteiger partial charge in [-0.05, 0) is 38.6 Å². The number of carbonyl (C=O) groups is 3. The van der Waals surface area contributed by atoms with Crippen molar-refractivity contribution in [2.24, 2.45) is 5.84 Å². The molecule has 0 unspecified atom stereocenters. The summed E-state index contributed by atoms with van der Waals surface area (Å²) in [5, 5.41) is 2.85. The van der Waals surface area contributed by atoms with E-state index >= 15 is 0 Å². The van der Waals surface area contributed by atoms with Gasteiger partial charge in [0.25, 0.3) is 5.91 Å². The Balaban J connectivity index is 0.000000221. The van der Waals surface area contributed by atoms with Crippen molar-refractivity contribution < 1.29 is 14.4 Å². The number of benzene rings is 3. The van der Waals surface area contributed by atoms with Crippen molar-refractivity contribution in [2.45, 2.75) is 33.4 Å². The summed E-state index contributed by atoms with van der Waals surface area (Å²) in [4.78, 5) is 35.8. The molecular formula is C28H35N5O3. The zero-order valence-corrected chi connectivity index (χ0v) is 21.2. The van der Waals surface area contributed by atoms with Gasteiger partial charge in [-0.3, -0.25) is 36.5 Å². The Morgan fingerprint density at radius 2 is 1.22 bits per heavy atom. The number of rotatable bonds is 6. The molecule has 0 saturated carbocycles. The molecule has 0 spiro atoms. The van der Waals surface area contributed by atoms with E-state index in [1.165, 1.54) is 0 Å². The van der Waals surface area contributed by atoms with Crippen LogP contribution in [-0.2, 0) is 6.54 Å². The smallest absolute Gasteiger partial charge is 0.251 e. The molecule has 1 aliphatic carbocycles. The molecule has 190 valence electrons. The van der Waals surface area contributed by atoms with Crippen LogP contribution in [0.5, 0.6) is 0 Å². The summed E-state index contributed by atoms with van der Waals surface area (Å²) in [7, 11) is 1.82. The van der Waals surface area contributed by atoms with E-state index in [1.54, 1.807) is 48.5 Å². The van der Waals surface area contributed by atoms with Crippen molar-refractivity contribution in [2.75, 3.05) is 13.6 Å². The van der Waals surface area contributed by atoms with E-state index in [1.807, 2.05) is 52.1 Å². The number of amides is 1. The second kappa shape index (κ2) is 14.7. The fraction of sp³-hybridized carbons (Fsp3) is 0.250. The third kappa shape index (κ3) is 7.93. The lowest BCUT2D eigenvalue weighted by atomic mass is 9.84. The lowest BCUT2D eigenvalue weighted by Gasteiger charge is -2.16. The molecule has 0 aliphatic heterocycles. The monoisotopic (exact) mass is 489 g/mol. The van der Waals surface area contributed by atoms with Gasteiger partial charge in [-0.15, -0.1) is 0 Å². The Morgan fingerprint density at radius 1 is 0.806 bits per heavy atom. The van der Waals surface area contributed by atoms with Crippen LogP contribution in [0, 0.1) is 0 Å². The highest BCUT2D eigenvalue weighted by Gasteiger charge is 2.28. The predicted molar refractivity (Wildman–Crippen MR) is 143 cm³/mol. The molecule has 3 aromatic rings. The van der Waals surface area contributed by atoms with E-state index in [0.29, 0.717) is 27.8 Å². The molecule has 0 radical (unpaired) electrons. The first-order valence-electron chi connectivity index (χ1n) is 11.8. The lowest BCUT2D eigenvalue weighted by Crippen LogP contribution is -2.30. The fourth-order valence-corrected chi connectivity index (χ4v) is 3.36. The number of nitrogens with one attached hydrogen (secondary N) is 4. The molecule has 0 saturated heterocycles. The van der Waals surface area contributed by atoms with Crippen molar-refractivity contribution in [3.05, 3.63) is 106 Å². The van der Waals surface area contributed by atoms with Crippen LogP contribution < -0.4 is 27.4 Å². The minimum atomic E-state index is -0.0641. The summed E-state index contributed by atoms with van der Waals surface area (Å²) < 4.78 is 0. The second-order valence-electron chi connectivity index (χ2n) is 8.24. The third-order valence-corrected chi connectivity index (χ3v) is 5.14. The van der Waals surface area contributed by atoms with Crippen LogP contribution in [0.4, 0.5) is 0 Å². The highest BCUT2D eigenvalue weighted by Crippen LogP contribution is 2.26. The van der Waals surface area contributed by atoms with E-state index in [-0.39, 0.29) is 23.5 Å². The predicted octanol–water partition coefficient (Wildman–Crippen LogP) is 2.98. The van der Waals surface area contributed by atoms with Gasteiger partial charge in [0.2, 0.25) is 0 Å². The Hall–Kier alpha value is -3.69. The minimum absolute atomic E-state index is 0.0249.